The average molecular weight is 482 g/mol. The van der Waals surface area contributed by atoms with Crippen molar-refractivity contribution in [2.75, 3.05) is 6.67 Å². The summed E-state index contributed by atoms with van der Waals surface area (Å²) < 4.78 is 18.0. The number of pyridine rings is 1. The number of halogens is 3. The number of hydrogen-bond donors (Lipinski definition) is 0. The number of benzene rings is 1. The Bertz CT molecular complexity index is 1070. The van der Waals surface area contributed by atoms with Crippen molar-refractivity contribution in [2.45, 2.75) is 13.1 Å². The van der Waals surface area contributed by atoms with Crippen molar-refractivity contribution >= 4 is 45.2 Å². The maximum Gasteiger partial charge on any atom is 0.142 e. The molecule has 3 aromatic heterocycles. The first-order chi connectivity index (χ1) is 12.7. The molecule has 0 amide bonds. The third kappa shape index (κ3) is 3.33. The second-order valence-electron chi connectivity index (χ2n) is 5.84. The molecule has 0 spiro atoms. The van der Waals surface area contributed by atoms with Gasteiger partial charge in [0.2, 0.25) is 0 Å². The minimum Gasteiger partial charge on any atom is -0.321 e. The number of alkyl halides is 1. The molecule has 1 aromatic carbocycles. The number of rotatable bonds is 5. The lowest BCUT2D eigenvalue weighted by molar-refractivity contribution is 0.451. The Morgan fingerprint density at radius 1 is 1.12 bits per heavy atom. The molecular formula is C18H14ClFIN5. The van der Waals surface area contributed by atoms with Crippen molar-refractivity contribution < 1.29 is 4.39 Å². The molecule has 0 aliphatic rings. The van der Waals surface area contributed by atoms with Gasteiger partial charge in [0, 0.05) is 21.5 Å². The van der Waals surface area contributed by atoms with Crippen LogP contribution >= 0.6 is 34.2 Å². The summed E-state index contributed by atoms with van der Waals surface area (Å²) in [5, 5.41) is 0.564. The quantitative estimate of drug-likeness (QED) is 0.392. The number of nitrogens with zero attached hydrogens (tertiary/aromatic N) is 5. The predicted molar refractivity (Wildman–Crippen MR) is 108 cm³/mol. The van der Waals surface area contributed by atoms with Crippen LogP contribution in [0.2, 0.25) is 5.15 Å². The Hall–Kier alpha value is -2.00. The van der Waals surface area contributed by atoms with E-state index in [1.54, 1.807) is 24.9 Å². The lowest BCUT2D eigenvalue weighted by atomic mass is 10.2. The van der Waals surface area contributed by atoms with Gasteiger partial charge in [0.15, 0.2) is 0 Å². The summed E-state index contributed by atoms with van der Waals surface area (Å²) in [5.41, 5.74) is 3.58. The van der Waals surface area contributed by atoms with Crippen LogP contribution in [0.15, 0.2) is 49.2 Å². The van der Waals surface area contributed by atoms with Gasteiger partial charge in [0.25, 0.3) is 0 Å². The summed E-state index contributed by atoms with van der Waals surface area (Å²) in [6, 6.07) is 7.97. The van der Waals surface area contributed by atoms with Crippen LogP contribution in [0.4, 0.5) is 4.39 Å². The zero-order chi connectivity index (χ0) is 18.1. The van der Waals surface area contributed by atoms with Gasteiger partial charge in [-0.05, 0) is 52.4 Å². The number of imidazole rings is 2. The molecule has 8 heteroatoms. The lowest BCUT2D eigenvalue weighted by Crippen LogP contribution is -2.04. The molecule has 4 aromatic rings. The van der Waals surface area contributed by atoms with E-state index < -0.39 is 6.67 Å². The summed E-state index contributed by atoms with van der Waals surface area (Å²) in [7, 11) is 0. The molecule has 0 N–H and O–H groups in total. The van der Waals surface area contributed by atoms with E-state index in [9.17, 15) is 4.39 Å². The zero-order valence-electron chi connectivity index (χ0n) is 13.6. The summed E-state index contributed by atoms with van der Waals surface area (Å²) >= 11 is 8.35. The molecule has 5 nitrogen and oxygen atoms in total. The molecule has 0 aliphatic carbocycles. The van der Waals surface area contributed by atoms with Gasteiger partial charge in [-0.25, -0.2) is 14.4 Å². The van der Waals surface area contributed by atoms with Crippen molar-refractivity contribution in [2.24, 2.45) is 0 Å². The van der Waals surface area contributed by atoms with Gasteiger partial charge in [0.1, 0.15) is 17.7 Å². The molecule has 3 heterocycles. The van der Waals surface area contributed by atoms with Crippen molar-refractivity contribution in [3.8, 4) is 11.4 Å². The number of aromatic nitrogens is 5. The molecule has 0 saturated heterocycles. The van der Waals surface area contributed by atoms with Crippen LogP contribution < -0.4 is 0 Å². The number of hydrogen-bond acceptors (Lipinski definition) is 3. The molecule has 26 heavy (non-hydrogen) atoms. The van der Waals surface area contributed by atoms with Gasteiger partial charge in [-0.15, -0.1) is 0 Å². The van der Waals surface area contributed by atoms with Crippen molar-refractivity contribution in [1.29, 1.82) is 0 Å². The third-order valence-corrected chi connectivity index (χ3v) is 5.07. The van der Waals surface area contributed by atoms with Crippen LogP contribution in [0.1, 0.15) is 5.56 Å². The number of aryl methyl sites for hydroxylation is 1. The first kappa shape index (κ1) is 17.4. The Labute approximate surface area is 168 Å². The summed E-state index contributed by atoms with van der Waals surface area (Å²) in [5.74, 6) is 0.714. The Morgan fingerprint density at radius 3 is 2.77 bits per heavy atom. The summed E-state index contributed by atoms with van der Waals surface area (Å²) in [4.78, 5) is 13.1. The lowest BCUT2D eigenvalue weighted by Gasteiger charge is -2.09. The number of fused-ring (bicyclic) bond motifs is 1. The van der Waals surface area contributed by atoms with Crippen molar-refractivity contribution in [1.82, 2.24) is 24.1 Å². The van der Waals surface area contributed by atoms with Gasteiger partial charge >= 0.3 is 0 Å². The van der Waals surface area contributed by atoms with E-state index in [0.29, 0.717) is 17.5 Å². The van der Waals surface area contributed by atoms with Crippen LogP contribution in [0.25, 0.3) is 22.4 Å². The van der Waals surface area contributed by atoms with Gasteiger partial charge in [-0.3, -0.25) is 4.98 Å². The van der Waals surface area contributed by atoms with E-state index in [-0.39, 0.29) is 6.54 Å². The maximum absolute atomic E-state index is 13.2. The summed E-state index contributed by atoms with van der Waals surface area (Å²) in [6.45, 7) is 0.353. The highest BCUT2D eigenvalue weighted by Gasteiger charge is 2.14. The molecular weight excluding hydrogens is 468 g/mol. The SMILES string of the molecule is FCCn1c(-c2cncc(Cn3cncc3Cl)c2)nc2ccc(I)cc21. The molecule has 0 fully saturated rings. The molecule has 4 rings (SSSR count). The van der Waals surface area contributed by atoms with E-state index in [1.807, 2.05) is 33.4 Å². The Morgan fingerprint density at radius 2 is 2.00 bits per heavy atom. The molecule has 132 valence electrons. The monoisotopic (exact) mass is 481 g/mol. The van der Waals surface area contributed by atoms with Crippen molar-refractivity contribution in [3.63, 3.8) is 0 Å². The van der Waals surface area contributed by atoms with Gasteiger partial charge in [0.05, 0.1) is 36.6 Å². The molecule has 0 bridgehead atoms. The van der Waals surface area contributed by atoms with Gasteiger partial charge < -0.3 is 9.13 Å². The fourth-order valence-corrected chi connectivity index (χ4v) is 3.58. The second-order valence-corrected chi connectivity index (χ2v) is 7.47. The van der Waals surface area contributed by atoms with Crippen LogP contribution in [-0.2, 0) is 13.1 Å². The van der Waals surface area contributed by atoms with Crippen LogP contribution in [0.5, 0.6) is 0 Å². The Balaban J connectivity index is 1.78. The van der Waals surface area contributed by atoms with Crippen molar-refractivity contribution in [3.05, 3.63) is 63.5 Å². The highest BCUT2D eigenvalue weighted by Crippen LogP contribution is 2.26. The standard InChI is InChI=1S/C18H14ClFIN5/c19-17-9-23-11-25(17)10-12-5-13(8-22-7-12)18-24-15-2-1-14(21)6-16(15)26(18)4-3-20/h1-2,5-9,11H,3-4,10H2. The molecule has 0 unspecified atom stereocenters. The fraction of sp³-hybridized carbons (Fsp3) is 0.167. The van der Waals surface area contributed by atoms with E-state index in [2.05, 4.69) is 32.6 Å². The van der Waals surface area contributed by atoms with E-state index in [0.717, 1.165) is 25.7 Å². The fourth-order valence-electron chi connectivity index (χ4n) is 2.94. The first-order valence-electron chi connectivity index (χ1n) is 7.97. The normalized spacial score (nSPS) is 11.3. The Kier molecular flexibility index (Phi) is 4.90. The van der Waals surface area contributed by atoms with E-state index in [4.69, 9.17) is 16.6 Å². The predicted octanol–water partition coefficient (Wildman–Crippen LogP) is 4.57. The average Bonchev–Trinajstić information content (AvgIpc) is 3.20. The zero-order valence-corrected chi connectivity index (χ0v) is 16.5. The second kappa shape index (κ2) is 7.32. The highest BCUT2D eigenvalue weighted by atomic mass is 127. The van der Waals surface area contributed by atoms with E-state index in [1.165, 1.54) is 0 Å². The topological polar surface area (TPSA) is 48.5 Å². The molecule has 0 radical (unpaired) electrons. The van der Waals surface area contributed by atoms with Crippen LogP contribution in [0, 0.1) is 3.57 Å². The minimum absolute atomic E-state index is 0.253. The summed E-state index contributed by atoms with van der Waals surface area (Å²) in [6.07, 6.45) is 6.81. The van der Waals surface area contributed by atoms with Crippen LogP contribution in [0.3, 0.4) is 0 Å². The van der Waals surface area contributed by atoms with Gasteiger partial charge in [-0.2, -0.15) is 0 Å². The smallest absolute Gasteiger partial charge is 0.142 e. The molecule has 0 aliphatic heterocycles. The van der Waals surface area contributed by atoms with Gasteiger partial charge in [-0.1, -0.05) is 11.6 Å². The first-order valence-corrected chi connectivity index (χ1v) is 9.43. The largest absolute Gasteiger partial charge is 0.321 e. The highest BCUT2D eigenvalue weighted by molar-refractivity contribution is 14.1. The third-order valence-electron chi connectivity index (χ3n) is 4.09. The molecule has 0 atom stereocenters. The van der Waals surface area contributed by atoms with E-state index >= 15 is 0 Å². The molecule has 0 saturated carbocycles. The maximum atomic E-state index is 13.2. The minimum atomic E-state index is -0.457. The van der Waals surface area contributed by atoms with Crippen LogP contribution in [-0.4, -0.2) is 30.8 Å².